The van der Waals surface area contributed by atoms with Crippen molar-refractivity contribution in [1.82, 2.24) is 9.78 Å². The molecule has 1 aromatic carbocycles. The molecule has 0 atom stereocenters. The second kappa shape index (κ2) is 4.65. The third kappa shape index (κ3) is 2.61. The van der Waals surface area contributed by atoms with Crippen molar-refractivity contribution in [2.24, 2.45) is 7.05 Å². The van der Waals surface area contributed by atoms with Crippen molar-refractivity contribution < 1.29 is 4.39 Å². The van der Waals surface area contributed by atoms with E-state index < -0.39 is 0 Å². The standard InChI is InChI=1S/C11H11BrFN3/c1-16-7-8(6-15-16)5-14-11-3-2-9(13)4-10(11)12/h2-4,6-7,14H,5H2,1H3. The Labute approximate surface area is 101 Å². The van der Waals surface area contributed by atoms with Gasteiger partial charge in [0.2, 0.25) is 0 Å². The van der Waals surface area contributed by atoms with Crippen LogP contribution in [-0.2, 0) is 13.6 Å². The van der Waals surface area contributed by atoms with Gasteiger partial charge < -0.3 is 5.32 Å². The largest absolute Gasteiger partial charge is 0.380 e. The van der Waals surface area contributed by atoms with E-state index in [1.807, 2.05) is 13.2 Å². The van der Waals surface area contributed by atoms with Crippen LogP contribution in [0.5, 0.6) is 0 Å². The fourth-order valence-electron chi connectivity index (χ4n) is 1.39. The van der Waals surface area contributed by atoms with Gasteiger partial charge in [0.15, 0.2) is 0 Å². The Bertz CT molecular complexity index is 496. The van der Waals surface area contributed by atoms with Crippen molar-refractivity contribution in [3.8, 4) is 0 Å². The number of aromatic nitrogens is 2. The van der Waals surface area contributed by atoms with E-state index in [9.17, 15) is 4.39 Å². The summed E-state index contributed by atoms with van der Waals surface area (Å²) in [6.07, 6.45) is 3.73. The molecule has 0 bridgehead atoms. The van der Waals surface area contributed by atoms with Crippen molar-refractivity contribution >= 4 is 21.6 Å². The Hall–Kier alpha value is -1.36. The van der Waals surface area contributed by atoms with Crippen LogP contribution in [0.2, 0.25) is 0 Å². The van der Waals surface area contributed by atoms with Gasteiger partial charge in [0.1, 0.15) is 5.82 Å². The zero-order chi connectivity index (χ0) is 11.5. The Kier molecular flexibility index (Phi) is 3.24. The lowest BCUT2D eigenvalue weighted by molar-refractivity contribution is 0.627. The van der Waals surface area contributed by atoms with Gasteiger partial charge in [-0.1, -0.05) is 0 Å². The summed E-state index contributed by atoms with van der Waals surface area (Å²) in [4.78, 5) is 0. The molecular weight excluding hydrogens is 273 g/mol. The second-order valence-electron chi connectivity index (χ2n) is 3.50. The minimum atomic E-state index is -0.251. The molecule has 0 saturated heterocycles. The maximum Gasteiger partial charge on any atom is 0.124 e. The summed E-state index contributed by atoms with van der Waals surface area (Å²) >= 11 is 3.30. The SMILES string of the molecule is Cn1cc(CNc2ccc(F)cc2Br)cn1. The molecule has 1 aromatic heterocycles. The highest BCUT2D eigenvalue weighted by atomic mass is 79.9. The van der Waals surface area contributed by atoms with Crippen molar-refractivity contribution in [1.29, 1.82) is 0 Å². The van der Waals surface area contributed by atoms with Crippen molar-refractivity contribution in [3.05, 3.63) is 46.4 Å². The molecule has 16 heavy (non-hydrogen) atoms. The molecule has 3 nitrogen and oxygen atoms in total. The molecule has 5 heteroatoms. The molecule has 0 aliphatic rings. The lowest BCUT2D eigenvalue weighted by Gasteiger charge is -2.06. The minimum Gasteiger partial charge on any atom is -0.380 e. The number of hydrogen-bond acceptors (Lipinski definition) is 2. The molecule has 0 aliphatic heterocycles. The van der Waals surface area contributed by atoms with Crippen LogP contribution in [0.4, 0.5) is 10.1 Å². The summed E-state index contributed by atoms with van der Waals surface area (Å²) in [6.45, 7) is 0.665. The lowest BCUT2D eigenvalue weighted by atomic mass is 10.3. The summed E-state index contributed by atoms with van der Waals surface area (Å²) < 4.78 is 15.3. The van der Waals surface area contributed by atoms with Crippen LogP contribution >= 0.6 is 15.9 Å². The maximum absolute atomic E-state index is 12.8. The fraction of sp³-hybridized carbons (Fsp3) is 0.182. The number of hydrogen-bond donors (Lipinski definition) is 1. The highest BCUT2D eigenvalue weighted by Crippen LogP contribution is 2.23. The third-order valence-electron chi connectivity index (χ3n) is 2.17. The number of nitrogens with one attached hydrogen (secondary N) is 1. The first-order chi connectivity index (χ1) is 7.65. The van der Waals surface area contributed by atoms with Gasteiger partial charge >= 0.3 is 0 Å². The molecule has 0 radical (unpaired) electrons. The van der Waals surface area contributed by atoms with Crippen molar-refractivity contribution in [3.63, 3.8) is 0 Å². The molecule has 0 aliphatic carbocycles. The monoisotopic (exact) mass is 283 g/mol. The minimum absolute atomic E-state index is 0.251. The molecule has 0 unspecified atom stereocenters. The molecule has 0 spiro atoms. The van der Waals surface area contributed by atoms with Crippen LogP contribution < -0.4 is 5.32 Å². The number of benzene rings is 1. The van der Waals surface area contributed by atoms with Crippen molar-refractivity contribution in [2.45, 2.75) is 6.54 Å². The lowest BCUT2D eigenvalue weighted by Crippen LogP contribution is -1.99. The predicted octanol–water partition coefficient (Wildman–Crippen LogP) is 2.93. The van der Waals surface area contributed by atoms with Crippen LogP contribution in [0.3, 0.4) is 0 Å². The highest BCUT2D eigenvalue weighted by Gasteiger charge is 2.01. The Morgan fingerprint density at radius 3 is 2.94 bits per heavy atom. The topological polar surface area (TPSA) is 29.9 Å². The molecule has 2 aromatic rings. The Morgan fingerprint density at radius 2 is 2.31 bits per heavy atom. The summed E-state index contributed by atoms with van der Waals surface area (Å²) in [6, 6.07) is 4.57. The number of halogens is 2. The molecule has 0 amide bonds. The van der Waals surface area contributed by atoms with E-state index in [1.54, 1.807) is 16.9 Å². The molecule has 84 valence electrons. The number of aryl methyl sites for hydroxylation is 1. The smallest absolute Gasteiger partial charge is 0.124 e. The number of nitrogens with zero attached hydrogens (tertiary/aromatic N) is 2. The Balaban J connectivity index is 2.04. The van der Waals surface area contributed by atoms with E-state index in [0.717, 1.165) is 15.7 Å². The van der Waals surface area contributed by atoms with E-state index in [2.05, 4.69) is 26.3 Å². The predicted molar refractivity (Wildman–Crippen MR) is 64.6 cm³/mol. The van der Waals surface area contributed by atoms with Gasteiger partial charge in [0.05, 0.1) is 6.20 Å². The first kappa shape index (κ1) is 11.1. The van der Waals surface area contributed by atoms with Gasteiger partial charge in [-0.2, -0.15) is 5.10 Å². The molecule has 0 fully saturated rings. The molecule has 1 heterocycles. The third-order valence-corrected chi connectivity index (χ3v) is 2.83. The van der Waals surface area contributed by atoms with E-state index >= 15 is 0 Å². The van der Waals surface area contributed by atoms with E-state index in [0.29, 0.717) is 6.54 Å². The van der Waals surface area contributed by atoms with Crippen LogP contribution in [0.1, 0.15) is 5.56 Å². The average molecular weight is 284 g/mol. The van der Waals surface area contributed by atoms with Crippen LogP contribution in [0.15, 0.2) is 35.1 Å². The van der Waals surface area contributed by atoms with E-state index in [4.69, 9.17) is 0 Å². The molecule has 1 N–H and O–H groups in total. The summed E-state index contributed by atoms with van der Waals surface area (Å²) in [7, 11) is 1.87. The number of rotatable bonds is 3. The molecule has 2 rings (SSSR count). The first-order valence-electron chi connectivity index (χ1n) is 4.81. The Morgan fingerprint density at radius 1 is 1.50 bits per heavy atom. The van der Waals surface area contributed by atoms with E-state index in [1.165, 1.54) is 12.1 Å². The second-order valence-corrected chi connectivity index (χ2v) is 4.35. The van der Waals surface area contributed by atoms with Crippen molar-refractivity contribution in [2.75, 3.05) is 5.32 Å². The highest BCUT2D eigenvalue weighted by molar-refractivity contribution is 9.10. The average Bonchev–Trinajstić information content (AvgIpc) is 2.63. The van der Waals surface area contributed by atoms with Gasteiger partial charge in [0.25, 0.3) is 0 Å². The number of anilines is 1. The van der Waals surface area contributed by atoms with Crippen LogP contribution in [-0.4, -0.2) is 9.78 Å². The van der Waals surface area contributed by atoms with Crippen LogP contribution in [0, 0.1) is 5.82 Å². The summed E-state index contributed by atoms with van der Waals surface area (Å²) in [5.41, 5.74) is 1.95. The molecular formula is C11H11BrFN3. The van der Waals surface area contributed by atoms with Gasteiger partial charge in [-0.15, -0.1) is 0 Å². The zero-order valence-corrected chi connectivity index (χ0v) is 10.3. The normalized spacial score (nSPS) is 10.4. The maximum atomic E-state index is 12.8. The fourth-order valence-corrected chi connectivity index (χ4v) is 1.88. The molecule has 0 saturated carbocycles. The van der Waals surface area contributed by atoms with Crippen LogP contribution in [0.25, 0.3) is 0 Å². The van der Waals surface area contributed by atoms with Gasteiger partial charge in [0, 0.05) is 35.5 Å². The van der Waals surface area contributed by atoms with Gasteiger partial charge in [-0.25, -0.2) is 4.39 Å². The van der Waals surface area contributed by atoms with E-state index in [-0.39, 0.29) is 5.82 Å². The van der Waals surface area contributed by atoms with Gasteiger partial charge in [-0.3, -0.25) is 4.68 Å². The quantitative estimate of drug-likeness (QED) is 0.939. The first-order valence-corrected chi connectivity index (χ1v) is 5.61. The summed E-state index contributed by atoms with van der Waals surface area (Å²) in [5.74, 6) is -0.251. The zero-order valence-electron chi connectivity index (χ0n) is 8.74. The summed E-state index contributed by atoms with van der Waals surface area (Å²) in [5, 5.41) is 7.27. The van der Waals surface area contributed by atoms with Gasteiger partial charge in [-0.05, 0) is 34.1 Å².